The Morgan fingerprint density at radius 1 is 1.09 bits per heavy atom. The molecule has 23 heavy (non-hydrogen) atoms. The third-order valence-electron chi connectivity index (χ3n) is 8.61. The minimum atomic E-state index is 0.108. The summed E-state index contributed by atoms with van der Waals surface area (Å²) in [5.74, 6) is 3.30. The monoisotopic (exact) mass is 313 g/mol. The summed E-state index contributed by atoms with van der Waals surface area (Å²) in [7, 11) is 0. The van der Waals surface area contributed by atoms with Gasteiger partial charge in [-0.1, -0.05) is 37.0 Å². The van der Waals surface area contributed by atoms with Crippen LogP contribution in [0.4, 0.5) is 0 Å². The van der Waals surface area contributed by atoms with Crippen molar-refractivity contribution in [1.82, 2.24) is 0 Å². The first-order valence-corrected chi connectivity index (χ1v) is 9.70. The van der Waals surface area contributed by atoms with E-state index < -0.39 is 0 Å². The molecule has 3 nitrogen and oxygen atoms in total. The van der Waals surface area contributed by atoms with Crippen molar-refractivity contribution in [3.8, 4) is 0 Å². The normalized spacial score (nSPS) is 51.8. The van der Waals surface area contributed by atoms with Crippen molar-refractivity contribution >= 4 is 0 Å². The molecule has 0 unspecified atom stereocenters. The van der Waals surface area contributed by atoms with Crippen LogP contribution < -0.4 is 0 Å². The Morgan fingerprint density at radius 3 is 2.70 bits per heavy atom. The van der Waals surface area contributed by atoms with Crippen LogP contribution in [0.15, 0.2) is 16.8 Å². The predicted octanol–water partition coefficient (Wildman–Crippen LogP) is 6.26. The second-order valence-corrected chi connectivity index (χ2v) is 9.45. The lowest BCUT2D eigenvalue weighted by molar-refractivity contribution is -0.0918. The fraction of sp³-hybridized carbons (Fsp3) is 0.900. The Kier molecular flexibility index (Phi) is 3.57. The van der Waals surface area contributed by atoms with Gasteiger partial charge in [-0.25, -0.2) is 0 Å². The van der Waals surface area contributed by atoms with Crippen molar-refractivity contribution in [2.45, 2.75) is 78.2 Å². The van der Waals surface area contributed by atoms with Crippen LogP contribution in [0, 0.1) is 34.5 Å². The Hall–Kier alpha value is -0.950. The molecule has 0 radical (unpaired) electrons. The SMILES string of the molecule is CC1=CC[C@]2(C)[C@H]3CC[C@]4(C)CCC[C@H]4[C@@H]3CC[C@H]2[C@@H]1N=[N+]=[N-]. The van der Waals surface area contributed by atoms with Crippen LogP contribution in [0.2, 0.25) is 0 Å². The maximum absolute atomic E-state index is 9.03. The van der Waals surface area contributed by atoms with E-state index in [1.807, 2.05) is 0 Å². The highest BCUT2D eigenvalue weighted by molar-refractivity contribution is 5.21. The highest BCUT2D eigenvalue weighted by atomic mass is 15.2. The summed E-state index contributed by atoms with van der Waals surface area (Å²) in [5.41, 5.74) is 11.3. The molecule has 3 heteroatoms. The van der Waals surface area contributed by atoms with Gasteiger partial charge < -0.3 is 0 Å². The van der Waals surface area contributed by atoms with Crippen LogP contribution in [0.3, 0.4) is 0 Å². The quantitative estimate of drug-likeness (QED) is 0.237. The summed E-state index contributed by atoms with van der Waals surface area (Å²) in [5, 5.41) is 4.22. The van der Waals surface area contributed by atoms with Crippen molar-refractivity contribution in [3.63, 3.8) is 0 Å². The Bertz CT molecular complexity index is 575. The third kappa shape index (κ3) is 2.12. The van der Waals surface area contributed by atoms with Gasteiger partial charge in [0.15, 0.2) is 0 Å². The summed E-state index contributed by atoms with van der Waals surface area (Å²) in [6.07, 6.45) is 13.4. The molecule has 3 fully saturated rings. The molecule has 0 aliphatic heterocycles. The van der Waals surface area contributed by atoms with Crippen molar-refractivity contribution in [2.24, 2.45) is 39.6 Å². The fourth-order valence-electron chi connectivity index (χ4n) is 7.35. The summed E-state index contributed by atoms with van der Waals surface area (Å²) >= 11 is 0. The smallest absolute Gasteiger partial charge is 0.0615 e. The lowest BCUT2D eigenvalue weighted by Gasteiger charge is -2.60. The zero-order valence-corrected chi connectivity index (χ0v) is 15.0. The molecule has 0 aromatic rings. The number of azide groups is 1. The Morgan fingerprint density at radius 2 is 1.91 bits per heavy atom. The van der Waals surface area contributed by atoms with Gasteiger partial charge >= 0.3 is 0 Å². The minimum Gasteiger partial charge on any atom is -0.0860 e. The zero-order valence-electron chi connectivity index (χ0n) is 15.0. The van der Waals surface area contributed by atoms with E-state index in [-0.39, 0.29) is 6.04 Å². The van der Waals surface area contributed by atoms with E-state index in [0.717, 1.165) is 17.8 Å². The first-order valence-electron chi connectivity index (χ1n) is 9.70. The molecule has 4 rings (SSSR count). The summed E-state index contributed by atoms with van der Waals surface area (Å²) in [6, 6.07) is 0.108. The van der Waals surface area contributed by atoms with E-state index in [2.05, 4.69) is 36.9 Å². The maximum Gasteiger partial charge on any atom is 0.0615 e. The van der Waals surface area contributed by atoms with Crippen LogP contribution >= 0.6 is 0 Å². The molecule has 0 N–H and O–H groups in total. The van der Waals surface area contributed by atoms with Crippen molar-refractivity contribution in [2.75, 3.05) is 0 Å². The third-order valence-corrected chi connectivity index (χ3v) is 8.61. The van der Waals surface area contributed by atoms with E-state index in [0.29, 0.717) is 16.7 Å². The molecular formula is C20H31N3. The number of rotatable bonds is 1. The van der Waals surface area contributed by atoms with E-state index in [9.17, 15) is 0 Å². The van der Waals surface area contributed by atoms with Gasteiger partial charge in [-0.2, -0.15) is 0 Å². The highest BCUT2D eigenvalue weighted by Crippen LogP contribution is 2.66. The molecule has 0 spiro atoms. The maximum atomic E-state index is 9.03. The van der Waals surface area contributed by atoms with Gasteiger partial charge in [0.1, 0.15) is 0 Å². The number of fused-ring (bicyclic) bond motifs is 5. The molecule has 0 aromatic carbocycles. The largest absolute Gasteiger partial charge is 0.0860 e. The van der Waals surface area contributed by atoms with Gasteiger partial charge in [0, 0.05) is 4.91 Å². The van der Waals surface area contributed by atoms with Crippen molar-refractivity contribution in [3.05, 3.63) is 22.1 Å². The van der Waals surface area contributed by atoms with E-state index in [1.54, 1.807) is 0 Å². The minimum absolute atomic E-state index is 0.108. The number of hydrogen-bond donors (Lipinski definition) is 0. The van der Waals surface area contributed by atoms with Crippen molar-refractivity contribution < 1.29 is 0 Å². The van der Waals surface area contributed by atoms with Gasteiger partial charge in [0.2, 0.25) is 0 Å². The van der Waals surface area contributed by atoms with Gasteiger partial charge in [0.05, 0.1) is 6.04 Å². The summed E-state index contributed by atoms with van der Waals surface area (Å²) in [4.78, 5) is 3.18. The number of allylic oxidation sites excluding steroid dienone is 1. The first kappa shape index (κ1) is 15.6. The molecule has 4 aliphatic carbocycles. The average Bonchev–Trinajstić information content (AvgIpc) is 2.92. The standard InChI is InChI=1S/C20H31N3/c1-13-8-12-20(3)16-9-11-19(2)10-4-5-15(19)14(16)6-7-17(20)18(13)22-23-21/h8,14-18H,4-7,9-12H2,1-3H3/t14-,15-,16-,17-,18+,19-,20+/m0/s1. The van der Waals surface area contributed by atoms with Gasteiger partial charge in [-0.05, 0) is 91.9 Å². The molecule has 0 saturated heterocycles. The molecule has 0 heterocycles. The zero-order chi connectivity index (χ0) is 16.2. The molecular weight excluding hydrogens is 282 g/mol. The van der Waals surface area contributed by atoms with Crippen LogP contribution in [0.25, 0.3) is 10.4 Å². The van der Waals surface area contributed by atoms with Gasteiger partial charge in [-0.3, -0.25) is 0 Å². The Balaban J connectivity index is 1.69. The highest BCUT2D eigenvalue weighted by Gasteiger charge is 2.58. The average molecular weight is 313 g/mol. The van der Waals surface area contributed by atoms with Crippen LogP contribution in [0.1, 0.15) is 72.1 Å². The molecule has 0 bridgehead atoms. The van der Waals surface area contributed by atoms with Crippen molar-refractivity contribution in [1.29, 1.82) is 0 Å². The second-order valence-electron chi connectivity index (χ2n) is 9.45. The number of nitrogens with zero attached hydrogens (tertiary/aromatic N) is 3. The van der Waals surface area contributed by atoms with Gasteiger partial charge in [-0.15, -0.1) is 0 Å². The molecule has 0 aromatic heterocycles. The number of hydrogen-bond acceptors (Lipinski definition) is 1. The summed E-state index contributed by atoms with van der Waals surface area (Å²) in [6.45, 7) is 7.26. The van der Waals surface area contributed by atoms with Gasteiger partial charge in [0.25, 0.3) is 0 Å². The molecule has 4 aliphatic rings. The summed E-state index contributed by atoms with van der Waals surface area (Å²) < 4.78 is 0. The van der Waals surface area contributed by atoms with E-state index >= 15 is 0 Å². The fourth-order valence-corrected chi connectivity index (χ4v) is 7.35. The second kappa shape index (κ2) is 5.28. The first-order chi connectivity index (χ1) is 11.0. The lowest BCUT2D eigenvalue weighted by Crippen LogP contribution is -2.54. The van der Waals surface area contributed by atoms with Crippen LogP contribution in [-0.2, 0) is 0 Å². The van der Waals surface area contributed by atoms with Crippen LogP contribution in [0.5, 0.6) is 0 Å². The van der Waals surface area contributed by atoms with Crippen LogP contribution in [-0.4, -0.2) is 6.04 Å². The molecule has 0 amide bonds. The topological polar surface area (TPSA) is 48.8 Å². The van der Waals surface area contributed by atoms with E-state index in [1.165, 1.54) is 56.9 Å². The molecule has 126 valence electrons. The Labute approximate surface area is 140 Å². The lowest BCUT2D eigenvalue weighted by atomic mass is 9.45. The molecule has 3 saturated carbocycles. The molecule has 7 atom stereocenters. The van der Waals surface area contributed by atoms with E-state index in [4.69, 9.17) is 5.53 Å². The predicted molar refractivity (Wildman–Crippen MR) is 93.8 cm³/mol.